The van der Waals surface area contributed by atoms with Crippen molar-refractivity contribution in [3.63, 3.8) is 0 Å². The van der Waals surface area contributed by atoms with E-state index in [1.54, 1.807) is 18.2 Å². The van der Waals surface area contributed by atoms with Crippen molar-refractivity contribution in [2.24, 2.45) is 0 Å². The average Bonchev–Trinajstić information content (AvgIpc) is 3.07. The van der Waals surface area contributed by atoms with Gasteiger partial charge in [0.15, 0.2) is 0 Å². The Hall–Kier alpha value is -3.27. The number of carbonyl (C=O) groups excluding carboxylic acids is 1. The van der Waals surface area contributed by atoms with Crippen molar-refractivity contribution in [2.75, 3.05) is 19.6 Å². The molecule has 10 heteroatoms. The molecule has 0 aliphatic carbocycles. The third-order valence-corrected chi connectivity index (χ3v) is 5.86. The van der Waals surface area contributed by atoms with Crippen LogP contribution in [-0.2, 0) is 43.3 Å². The zero-order valence-electron chi connectivity index (χ0n) is 18.5. The maximum Gasteiger partial charge on any atom is 0.416 e. The monoisotopic (exact) mass is 475 g/mol. The van der Waals surface area contributed by atoms with Gasteiger partial charge in [-0.1, -0.05) is 30.3 Å². The van der Waals surface area contributed by atoms with Crippen molar-refractivity contribution >= 4 is 5.91 Å². The highest BCUT2D eigenvalue weighted by Crippen LogP contribution is 2.32. The van der Waals surface area contributed by atoms with Crippen molar-refractivity contribution in [2.45, 2.75) is 38.5 Å². The summed E-state index contributed by atoms with van der Waals surface area (Å²) >= 11 is 0. The second-order valence-corrected chi connectivity index (χ2v) is 8.27. The molecule has 0 unspecified atom stereocenters. The van der Waals surface area contributed by atoms with E-state index in [0.29, 0.717) is 39.0 Å². The molecule has 0 spiro atoms. The van der Waals surface area contributed by atoms with Crippen LogP contribution in [0.5, 0.6) is 0 Å². The van der Waals surface area contributed by atoms with E-state index in [2.05, 4.69) is 15.5 Å². The molecule has 1 aliphatic heterocycles. The molecular weight excluding hydrogens is 450 g/mol. The Morgan fingerprint density at radius 2 is 1.76 bits per heavy atom. The standard InChI is InChI=1S/C24H25F4N5O/c25-19-7-5-17(6-8-19)15-23(34)29-11-9-21-30-31-22-10-12-32(13-14-33(21)22)16-18-3-1-2-4-20(18)24(26,27)28/h1-8H,9-16H2,(H,29,34). The number of nitrogens with one attached hydrogen (secondary N) is 1. The number of halogens is 4. The van der Waals surface area contributed by atoms with Crippen LogP contribution in [0.4, 0.5) is 17.6 Å². The molecule has 180 valence electrons. The van der Waals surface area contributed by atoms with Gasteiger partial charge < -0.3 is 9.88 Å². The first-order chi connectivity index (χ1) is 16.3. The van der Waals surface area contributed by atoms with Gasteiger partial charge in [0, 0.05) is 45.6 Å². The Bertz CT molecular complexity index is 1130. The predicted octanol–water partition coefficient (Wildman–Crippen LogP) is 3.40. The van der Waals surface area contributed by atoms with Crippen molar-refractivity contribution in [1.29, 1.82) is 0 Å². The maximum absolute atomic E-state index is 13.3. The normalized spacial score (nSPS) is 14.5. The summed E-state index contributed by atoms with van der Waals surface area (Å²) in [7, 11) is 0. The van der Waals surface area contributed by atoms with Gasteiger partial charge in [0.1, 0.15) is 17.5 Å². The molecule has 1 N–H and O–H groups in total. The Kier molecular flexibility index (Phi) is 7.26. The predicted molar refractivity (Wildman–Crippen MR) is 117 cm³/mol. The zero-order valence-corrected chi connectivity index (χ0v) is 18.5. The third kappa shape index (κ3) is 5.99. The van der Waals surface area contributed by atoms with Crippen LogP contribution in [0.15, 0.2) is 48.5 Å². The summed E-state index contributed by atoms with van der Waals surface area (Å²) in [6.45, 7) is 2.30. The van der Waals surface area contributed by atoms with E-state index >= 15 is 0 Å². The first kappa shape index (κ1) is 23.9. The number of hydrogen-bond acceptors (Lipinski definition) is 4. The molecule has 6 nitrogen and oxygen atoms in total. The highest BCUT2D eigenvalue weighted by Gasteiger charge is 2.33. The lowest BCUT2D eigenvalue weighted by molar-refractivity contribution is -0.138. The molecule has 1 amide bonds. The van der Waals surface area contributed by atoms with E-state index in [9.17, 15) is 22.4 Å². The molecule has 0 bridgehead atoms. The SMILES string of the molecule is O=C(Cc1ccc(F)cc1)NCCc1nnc2n1CCN(Cc1ccccc1C(F)(F)F)CC2. The number of alkyl halides is 3. The Balaban J connectivity index is 1.30. The number of rotatable bonds is 7. The Labute approximate surface area is 194 Å². The minimum atomic E-state index is -4.38. The molecule has 34 heavy (non-hydrogen) atoms. The van der Waals surface area contributed by atoms with Crippen LogP contribution in [-0.4, -0.2) is 45.2 Å². The smallest absolute Gasteiger partial charge is 0.355 e. The highest BCUT2D eigenvalue weighted by atomic mass is 19.4. The molecule has 0 saturated heterocycles. The Morgan fingerprint density at radius 1 is 1.00 bits per heavy atom. The van der Waals surface area contributed by atoms with Gasteiger partial charge in [-0.15, -0.1) is 10.2 Å². The van der Waals surface area contributed by atoms with Gasteiger partial charge in [-0.2, -0.15) is 13.2 Å². The molecule has 0 fully saturated rings. The highest BCUT2D eigenvalue weighted by molar-refractivity contribution is 5.78. The number of carbonyl (C=O) groups is 1. The van der Waals surface area contributed by atoms with Crippen LogP contribution in [0.2, 0.25) is 0 Å². The van der Waals surface area contributed by atoms with E-state index < -0.39 is 11.7 Å². The molecule has 3 aromatic rings. The van der Waals surface area contributed by atoms with E-state index in [-0.39, 0.29) is 30.3 Å². The van der Waals surface area contributed by atoms with Gasteiger partial charge in [0.05, 0.1) is 12.0 Å². The lowest BCUT2D eigenvalue weighted by Gasteiger charge is -2.22. The number of fused-ring (bicyclic) bond motifs is 1. The van der Waals surface area contributed by atoms with Crippen LogP contribution in [0.1, 0.15) is 28.3 Å². The molecule has 2 heterocycles. The van der Waals surface area contributed by atoms with Gasteiger partial charge in [-0.05, 0) is 29.3 Å². The first-order valence-corrected chi connectivity index (χ1v) is 11.1. The maximum atomic E-state index is 13.3. The fraction of sp³-hybridized carbons (Fsp3) is 0.375. The molecule has 1 aliphatic rings. The van der Waals surface area contributed by atoms with E-state index in [4.69, 9.17) is 0 Å². The van der Waals surface area contributed by atoms with Crippen molar-refractivity contribution < 1.29 is 22.4 Å². The van der Waals surface area contributed by atoms with Crippen molar-refractivity contribution in [1.82, 2.24) is 25.0 Å². The zero-order chi connectivity index (χ0) is 24.1. The number of hydrogen-bond donors (Lipinski definition) is 1. The summed E-state index contributed by atoms with van der Waals surface area (Å²) in [5, 5.41) is 11.3. The summed E-state index contributed by atoms with van der Waals surface area (Å²) in [6, 6.07) is 11.5. The van der Waals surface area contributed by atoms with Crippen molar-refractivity contribution in [3.8, 4) is 0 Å². The molecule has 2 aromatic carbocycles. The minimum absolute atomic E-state index is 0.159. The lowest BCUT2D eigenvalue weighted by atomic mass is 10.1. The first-order valence-electron chi connectivity index (χ1n) is 11.1. The van der Waals surface area contributed by atoms with Crippen LogP contribution in [0.25, 0.3) is 0 Å². The molecule has 0 saturated carbocycles. The molecule has 4 rings (SSSR count). The number of amides is 1. The molecular formula is C24H25F4N5O. The summed E-state index contributed by atoms with van der Waals surface area (Å²) in [5.74, 6) is 1.00. The Morgan fingerprint density at radius 3 is 2.53 bits per heavy atom. The van der Waals surface area contributed by atoms with E-state index in [1.165, 1.54) is 24.3 Å². The number of nitrogens with zero attached hydrogens (tertiary/aromatic N) is 4. The van der Waals surface area contributed by atoms with Gasteiger partial charge in [-0.3, -0.25) is 9.69 Å². The summed E-state index contributed by atoms with van der Waals surface area (Å²) < 4.78 is 55.0. The third-order valence-electron chi connectivity index (χ3n) is 5.86. The van der Waals surface area contributed by atoms with Crippen LogP contribution in [0.3, 0.4) is 0 Å². The second-order valence-electron chi connectivity index (χ2n) is 8.27. The largest absolute Gasteiger partial charge is 0.416 e. The van der Waals surface area contributed by atoms with Gasteiger partial charge in [0.2, 0.25) is 5.91 Å². The van der Waals surface area contributed by atoms with Crippen molar-refractivity contribution in [3.05, 3.63) is 82.7 Å². The quantitative estimate of drug-likeness (QED) is 0.532. The van der Waals surface area contributed by atoms with Crippen LogP contribution in [0, 0.1) is 5.82 Å². The fourth-order valence-electron chi connectivity index (χ4n) is 4.11. The minimum Gasteiger partial charge on any atom is -0.355 e. The van der Waals surface area contributed by atoms with E-state index in [0.717, 1.165) is 23.3 Å². The number of benzene rings is 2. The number of aromatic nitrogens is 3. The lowest BCUT2D eigenvalue weighted by Crippen LogP contribution is -2.29. The summed E-state index contributed by atoms with van der Waals surface area (Å²) in [5.41, 5.74) is 0.384. The summed E-state index contributed by atoms with van der Waals surface area (Å²) in [6.07, 6.45) is -3.16. The second kappa shape index (κ2) is 10.3. The van der Waals surface area contributed by atoms with Crippen LogP contribution < -0.4 is 5.32 Å². The fourth-order valence-corrected chi connectivity index (χ4v) is 4.11. The molecule has 1 aromatic heterocycles. The van der Waals surface area contributed by atoms with Gasteiger partial charge in [0.25, 0.3) is 0 Å². The van der Waals surface area contributed by atoms with Gasteiger partial charge >= 0.3 is 6.18 Å². The van der Waals surface area contributed by atoms with E-state index in [1.807, 2.05) is 9.47 Å². The van der Waals surface area contributed by atoms with Gasteiger partial charge in [-0.25, -0.2) is 4.39 Å². The molecule has 0 radical (unpaired) electrons. The molecule has 0 atom stereocenters. The topological polar surface area (TPSA) is 63.1 Å². The average molecular weight is 475 g/mol. The van der Waals surface area contributed by atoms with Crippen LogP contribution >= 0.6 is 0 Å². The summed E-state index contributed by atoms with van der Waals surface area (Å²) in [4.78, 5) is 14.1.